The molecule has 1 aliphatic rings. The van der Waals surface area contributed by atoms with E-state index >= 15 is 0 Å². The van der Waals surface area contributed by atoms with E-state index in [1.54, 1.807) is 0 Å². The van der Waals surface area contributed by atoms with Crippen LogP contribution in [0.4, 0.5) is 0 Å². The van der Waals surface area contributed by atoms with E-state index in [0.717, 1.165) is 128 Å². The van der Waals surface area contributed by atoms with Crippen LogP contribution in [0.2, 0.25) is 5.02 Å². The highest BCUT2D eigenvalue weighted by molar-refractivity contribution is 6.33. The Balaban J connectivity index is 0.000000136. The van der Waals surface area contributed by atoms with E-state index in [1.165, 1.54) is 49.0 Å². The third-order valence-corrected chi connectivity index (χ3v) is 20.5. The van der Waals surface area contributed by atoms with Gasteiger partial charge in [-0.3, -0.25) is 9.13 Å². The Kier molecular flexibility index (Phi) is 13.5. The van der Waals surface area contributed by atoms with Crippen molar-refractivity contribution in [3.8, 4) is 102 Å². The van der Waals surface area contributed by atoms with E-state index in [2.05, 4.69) is 322 Å². The molecule has 14 aromatic carbocycles. The molecule has 0 bridgehead atoms. The Morgan fingerprint density at radius 3 is 0.941 bits per heavy atom. The number of halogens is 1. The molecule has 0 saturated carbocycles. The summed E-state index contributed by atoms with van der Waals surface area (Å²) in [6.45, 7) is 0. The quantitative estimate of drug-likeness (QED) is 0.152. The number of hydrogen-bond donors (Lipinski definition) is 0. The Labute approximate surface area is 585 Å². The largest absolute Gasteiger partial charge is 0.309 e. The van der Waals surface area contributed by atoms with Crippen molar-refractivity contribution < 1.29 is 0 Å². The first-order chi connectivity index (χ1) is 50.1. The lowest BCUT2D eigenvalue weighted by molar-refractivity contribution is 1.05. The van der Waals surface area contributed by atoms with E-state index in [1.807, 2.05) is 42.5 Å². The predicted octanol–water partition coefficient (Wildman–Crippen LogP) is 24.0. The van der Waals surface area contributed by atoms with Crippen LogP contribution in [0, 0.1) is 0 Å². The van der Waals surface area contributed by atoms with Crippen molar-refractivity contribution >= 4 is 98.8 Å². The van der Waals surface area contributed by atoms with Gasteiger partial charge in [-0.25, -0.2) is 19.9 Å². The highest BCUT2D eigenvalue weighted by atomic mass is 35.5. The molecule has 472 valence electrons. The molecule has 21 rings (SSSR count). The van der Waals surface area contributed by atoms with Crippen LogP contribution >= 0.6 is 11.6 Å². The molecule has 0 radical (unpaired) electrons. The summed E-state index contributed by atoms with van der Waals surface area (Å²) in [5, 5.41) is 10.2. The van der Waals surface area contributed by atoms with Crippen molar-refractivity contribution in [3.05, 3.63) is 351 Å². The number of fused-ring (bicyclic) bond motifs is 17. The topological polar surface area (TPSA) is 71.3 Å². The van der Waals surface area contributed by atoms with Crippen LogP contribution in [0.1, 0.15) is 0 Å². The standard InChI is InChI=1S/C46H29ClN4.C46H28N4/c47-37-24-10-4-22-35(37)43-44(36-23-9-15-29-42(36)50-38-25-11-5-18-31(38)32-19-6-12-26-39(32)50)48-45(30-16-2-1-3-17-30)49-46(43)51-40-27-13-7-20-33(40)34-21-8-14-28-41(34)51;1-2-15-29(16-3-1)45-47-43(37-22-9-13-28-41(37)49-38-25-10-6-18-31(38)32-19-7-11-26-39(32)49)42-34-21-5-4-17-30(34)35-23-14-24-36-33-20-8-12-27-40(33)50(44(35)36)46(42)48-45/h1-29H;1-28H. The van der Waals surface area contributed by atoms with Crippen LogP contribution in [-0.4, -0.2) is 38.2 Å². The molecule has 0 fully saturated rings. The molecule has 0 aliphatic carbocycles. The first-order valence-corrected chi connectivity index (χ1v) is 34.5. The molecule has 0 saturated heterocycles. The monoisotopic (exact) mass is 1310 g/mol. The highest BCUT2D eigenvalue weighted by Crippen LogP contribution is 2.51. The summed E-state index contributed by atoms with van der Waals surface area (Å²) in [5.41, 5.74) is 23.0. The van der Waals surface area contributed by atoms with Gasteiger partial charge in [0, 0.05) is 81.5 Å². The lowest BCUT2D eigenvalue weighted by Gasteiger charge is -2.21. The van der Waals surface area contributed by atoms with Crippen LogP contribution in [0.25, 0.3) is 189 Å². The normalized spacial score (nSPS) is 11.8. The fraction of sp³-hybridized carbons (Fsp3) is 0. The Morgan fingerprint density at radius 2 is 0.505 bits per heavy atom. The van der Waals surface area contributed by atoms with Crippen molar-refractivity contribution in [3.63, 3.8) is 0 Å². The minimum Gasteiger partial charge on any atom is -0.309 e. The minimum atomic E-state index is 0.631. The summed E-state index contributed by atoms with van der Waals surface area (Å²) >= 11 is 7.17. The number of hydrogen-bond acceptors (Lipinski definition) is 4. The molecule has 101 heavy (non-hydrogen) atoms. The lowest BCUT2D eigenvalue weighted by atomic mass is 9.91. The van der Waals surface area contributed by atoms with E-state index in [-0.39, 0.29) is 0 Å². The smallest absolute Gasteiger partial charge is 0.162 e. The number of rotatable bonds is 8. The maximum absolute atomic E-state index is 7.17. The summed E-state index contributed by atoms with van der Waals surface area (Å²) in [7, 11) is 0. The fourth-order valence-corrected chi connectivity index (χ4v) is 16.1. The van der Waals surface area contributed by atoms with Gasteiger partial charge < -0.3 is 9.13 Å². The van der Waals surface area contributed by atoms with Gasteiger partial charge in [0.2, 0.25) is 0 Å². The van der Waals surface area contributed by atoms with Gasteiger partial charge in [-0.1, -0.05) is 297 Å². The van der Waals surface area contributed by atoms with Crippen LogP contribution in [0.5, 0.6) is 0 Å². The fourth-order valence-electron chi connectivity index (χ4n) is 15.8. The molecule has 7 heterocycles. The van der Waals surface area contributed by atoms with Crippen molar-refractivity contribution in [2.75, 3.05) is 0 Å². The van der Waals surface area contributed by atoms with Gasteiger partial charge >= 0.3 is 0 Å². The van der Waals surface area contributed by atoms with Gasteiger partial charge in [0.1, 0.15) is 11.6 Å². The van der Waals surface area contributed by atoms with Crippen molar-refractivity contribution in [2.24, 2.45) is 0 Å². The van der Waals surface area contributed by atoms with Crippen LogP contribution < -0.4 is 0 Å². The lowest BCUT2D eigenvalue weighted by Crippen LogP contribution is -2.08. The van der Waals surface area contributed by atoms with Crippen molar-refractivity contribution in [1.82, 2.24) is 38.2 Å². The van der Waals surface area contributed by atoms with Gasteiger partial charge in [0.25, 0.3) is 0 Å². The Morgan fingerprint density at radius 1 is 0.208 bits per heavy atom. The predicted molar refractivity (Wildman–Crippen MR) is 418 cm³/mol. The minimum absolute atomic E-state index is 0.631. The second kappa shape index (κ2) is 23.5. The van der Waals surface area contributed by atoms with Crippen molar-refractivity contribution in [2.45, 2.75) is 0 Å². The average Bonchev–Trinajstić information content (AvgIpc) is 1.49. The second-order valence-corrected chi connectivity index (χ2v) is 26.1. The SMILES string of the molecule is Clc1ccccc1-c1c(-c2ccccc2-n2c3ccccc3c3ccccc32)nc(-c2ccccc2)nc1-n1c2ccccc2c2ccccc21.c1ccc(-c2nc(-c3ccccc3-n3c4ccccc4c4ccccc43)c3c(n2)-n2c4ccccc4c4cccc(c42)-c2ccccc2-3)cc1. The molecule has 0 N–H and O–H groups in total. The third kappa shape index (κ3) is 9.09. The molecule has 20 aromatic rings. The summed E-state index contributed by atoms with van der Waals surface area (Å²) in [5.74, 6) is 2.98. The molecular formula is C92H57ClN8. The summed E-state index contributed by atoms with van der Waals surface area (Å²) in [6.07, 6.45) is 0. The number of para-hydroxylation sites is 10. The average molecular weight is 1310 g/mol. The molecule has 8 nitrogen and oxygen atoms in total. The first-order valence-electron chi connectivity index (χ1n) is 34.1. The molecule has 1 aliphatic heterocycles. The molecule has 0 spiro atoms. The molecule has 0 amide bonds. The van der Waals surface area contributed by atoms with E-state index < -0.39 is 0 Å². The zero-order valence-electron chi connectivity index (χ0n) is 54.4. The number of aromatic nitrogens is 8. The van der Waals surface area contributed by atoms with Crippen LogP contribution in [-0.2, 0) is 0 Å². The highest BCUT2D eigenvalue weighted by Gasteiger charge is 2.32. The molecule has 0 atom stereocenters. The van der Waals surface area contributed by atoms with Gasteiger partial charge in [0.05, 0.1) is 78.0 Å². The Hall–Kier alpha value is -13.3. The van der Waals surface area contributed by atoms with E-state index in [9.17, 15) is 0 Å². The molecule has 9 heteroatoms. The van der Waals surface area contributed by atoms with Gasteiger partial charge in [-0.2, -0.15) is 0 Å². The Bertz CT molecular complexity index is 6580. The number of benzene rings is 14. The maximum Gasteiger partial charge on any atom is 0.162 e. The van der Waals surface area contributed by atoms with E-state index in [0.29, 0.717) is 16.7 Å². The van der Waals surface area contributed by atoms with Gasteiger partial charge in [-0.05, 0) is 71.8 Å². The van der Waals surface area contributed by atoms with Crippen LogP contribution in [0.15, 0.2) is 346 Å². The first kappa shape index (κ1) is 57.9. The third-order valence-electron chi connectivity index (χ3n) is 20.1. The molecule has 6 aromatic heterocycles. The zero-order valence-corrected chi connectivity index (χ0v) is 55.1. The molecule has 0 unspecified atom stereocenters. The van der Waals surface area contributed by atoms with E-state index in [4.69, 9.17) is 31.5 Å². The summed E-state index contributed by atoms with van der Waals surface area (Å²) in [4.78, 5) is 22.0. The van der Waals surface area contributed by atoms with Crippen LogP contribution in [0.3, 0.4) is 0 Å². The summed E-state index contributed by atoms with van der Waals surface area (Å²) in [6, 6.07) is 122. The summed E-state index contributed by atoms with van der Waals surface area (Å²) < 4.78 is 9.43. The molecular weight excluding hydrogens is 1250 g/mol. The second-order valence-electron chi connectivity index (χ2n) is 25.6. The number of nitrogens with zero attached hydrogens (tertiary/aromatic N) is 8. The zero-order chi connectivity index (χ0) is 66.7. The van der Waals surface area contributed by atoms with Gasteiger partial charge in [0.15, 0.2) is 11.6 Å². The van der Waals surface area contributed by atoms with Gasteiger partial charge in [-0.15, -0.1) is 0 Å². The van der Waals surface area contributed by atoms with Crippen molar-refractivity contribution in [1.29, 1.82) is 0 Å². The maximum atomic E-state index is 7.17.